The summed E-state index contributed by atoms with van der Waals surface area (Å²) in [5, 5.41) is 1.61. The Morgan fingerprint density at radius 2 is 1.93 bits per heavy atom. The summed E-state index contributed by atoms with van der Waals surface area (Å²) in [6.45, 7) is 2.07. The summed E-state index contributed by atoms with van der Waals surface area (Å²) in [7, 11) is 0. The van der Waals surface area contributed by atoms with Crippen LogP contribution in [0.5, 0.6) is 0 Å². The van der Waals surface area contributed by atoms with Crippen LogP contribution in [0.3, 0.4) is 0 Å². The van der Waals surface area contributed by atoms with E-state index in [1.807, 2.05) is 53.1 Å². The number of hydrogen-bond acceptors (Lipinski definition) is 4. The molecule has 0 amide bonds. The summed E-state index contributed by atoms with van der Waals surface area (Å²) in [6, 6.07) is 15.6. The van der Waals surface area contributed by atoms with E-state index in [4.69, 9.17) is 22.3 Å². The number of hydrogen-bond donors (Lipinski definition) is 2. The Kier molecular flexibility index (Phi) is 5.73. The van der Waals surface area contributed by atoms with Crippen molar-refractivity contribution in [2.45, 2.75) is 25.4 Å². The third-order valence-corrected chi connectivity index (χ3v) is 5.99. The van der Waals surface area contributed by atoms with Crippen LogP contribution in [0.4, 0.5) is 5.95 Å². The van der Waals surface area contributed by atoms with Crippen molar-refractivity contribution in [2.75, 3.05) is 18.0 Å². The van der Waals surface area contributed by atoms with Gasteiger partial charge in [0, 0.05) is 29.5 Å². The van der Waals surface area contributed by atoms with Crippen LogP contribution in [-0.2, 0) is 6.54 Å². The lowest BCUT2D eigenvalue weighted by Crippen LogP contribution is -2.44. The number of halogens is 2. The second kappa shape index (κ2) is 8.30. The molecule has 2 aromatic carbocycles. The van der Waals surface area contributed by atoms with E-state index in [1.54, 1.807) is 0 Å². The number of fused-ring (bicyclic) bond motifs is 3. The van der Waals surface area contributed by atoms with Gasteiger partial charge in [0.05, 0.1) is 12.1 Å². The van der Waals surface area contributed by atoms with Crippen molar-refractivity contribution in [1.82, 2.24) is 14.5 Å². The van der Waals surface area contributed by atoms with Crippen LogP contribution in [0, 0.1) is 0 Å². The van der Waals surface area contributed by atoms with E-state index in [0.717, 1.165) is 48.3 Å². The number of nitrogens with two attached hydrogens (primary N) is 1. The van der Waals surface area contributed by atoms with Crippen LogP contribution in [0.25, 0.3) is 21.9 Å². The van der Waals surface area contributed by atoms with E-state index in [0.29, 0.717) is 22.6 Å². The minimum absolute atomic E-state index is 0. The Morgan fingerprint density at radius 3 is 2.73 bits per heavy atom. The van der Waals surface area contributed by atoms with Crippen molar-refractivity contribution in [3.8, 4) is 0 Å². The van der Waals surface area contributed by atoms with Gasteiger partial charge in [-0.1, -0.05) is 48.0 Å². The predicted octanol–water partition coefficient (Wildman–Crippen LogP) is 3.93. The Balaban J connectivity index is 0.00000218. The zero-order chi connectivity index (χ0) is 20.0. The number of H-pyrrole nitrogens is 1. The maximum absolute atomic E-state index is 13.1. The van der Waals surface area contributed by atoms with Crippen molar-refractivity contribution < 1.29 is 0 Å². The normalized spacial score (nSPS) is 16.7. The van der Waals surface area contributed by atoms with Crippen LogP contribution in [-0.4, -0.2) is 33.7 Å². The highest BCUT2D eigenvalue weighted by Gasteiger charge is 2.25. The summed E-state index contributed by atoms with van der Waals surface area (Å²) >= 11 is 6.44. The number of anilines is 1. The van der Waals surface area contributed by atoms with E-state index < -0.39 is 0 Å². The van der Waals surface area contributed by atoms with Gasteiger partial charge >= 0.3 is 0 Å². The van der Waals surface area contributed by atoms with Crippen molar-refractivity contribution in [2.24, 2.45) is 5.73 Å². The molecule has 156 valence electrons. The summed E-state index contributed by atoms with van der Waals surface area (Å²) in [5.74, 6) is 0.775. The van der Waals surface area contributed by atoms with Crippen LogP contribution in [0.15, 0.2) is 53.3 Å². The number of para-hydroxylation sites is 1. The fraction of sp³-hybridized carbons (Fsp3) is 0.273. The molecule has 3 heterocycles. The maximum atomic E-state index is 13.1. The van der Waals surface area contributed by atoms with Crippen molar-refractivity contribution >= 4 is 51.9 Å². The standard InChI is InChI=1S/C22H22ClN5O.ClH/c23-17-9-3-1-6-14(17)12-28-20-19(16-8-2-4-10-18(16)25-21(20)29)26-22(28)27-11-5-7-15(24)13-27;/h1-4,6,8-10,15H,5,7,11-13,24H2,(H,25,29);1H/t15-;/m1./s1. The average molecular weight is 444 g/mol. The number of aromatic amines is 1. The summed E-state index contributed by atoms with van der Waals surface area (Å²) in [4.78, 5) is 23.2. The molecular formula is C22H23Cl2N5O. The van der Waals surface area contributed by atoms with Crippen LogP contribution in [0.1, 0.15) is 18.4 Å². The van der Waals surface area contributed by atoms with Gasteiger partial charge in [0.15, 0.2) is 0 Å². The fourth-order valence-corrected chi connectivity index (χ4v) is 4.41. The van der Waals surface area contributed by atoms with Gasteiger partial charge in [-0.3, -0.25) is 4.79 Å². The molecule has 5 rings (SSSR count). The zero-order valence-electron chi connectivity index (χ0n) is 16.3. The summed E-state index contributed by atoms with van der Waals surface area (Å²) < 4.78 is 1.99. The van der Waals surface area contributed by atoms with Gasteiger partial charge in [0.25, 0.3) is 5.56 Å². The minimum Gasteiger partial charge on any atom is -0.341 e. The first-order chi connectivity index (χ1) is 14.1. The highest BCUT2D eigenvalue weighted by Crippen LogP contribution is 2.29. The quantitative estimate of drug-likeness (QED) is 0.502. The Labute approximate surface area is 185 Å². The molecule has 1 saturated heterocycles. The predicted molar refractivity (Wildman–Crippen MR) is 125 cm³/mol. The number of rotatable bonds is 3. The summed E-state index contributed by atoms with van der Waals surface area (Å²) in [6.07, 6.45) is 2.01. The molecular weight excluding hydrogens is 421 g/mol. The molecule has 0 spiro atoms. The largest absolute Gasteiger partial charge is 0.341 e. The number of pyridine rings is 1. The van der Waals surface area contributed by atoms with Crippen molar-refractivity contribution in [3.05, 3.63) is 69.5 Å². The topological polar surface area (TPSA) is 79.9 Å². The molecule has 0 saturated carbocycles. The molecule has 0 bridgehead atoms. The molecule has 3 N–H and O–H groups in total. The first-order valence-corrected chi connectivity index (χ1v) is 10.2. The SMILES string of the molecule is Cl.N[C@@H]1CCCN(c2nc3c4ccccc4[nH]c(=O)c3n2Cc2ccccc2Cl)C1. The first kappa shape index (κ1) is 20.7. The van der Waals surface area contributed by atoms with Gasteiger partial charge in [-0.15, -0.1) is 12.4 Å². The molecule has 1 atom stereocenters. The Hall–Kier alpha value is -2.54. The molecule has 2 aromatic heterocycles. The molecule has 6 nitrogen and oxygen atoms in total. The molecule has 0 unspecified atom stereocenters. The molecule has 1 aliphatic heterocycles. The fourth-order valence-electron chi connectivity index (χ4n) is 4.22. The lowest BCUT2D eigenvalue weighted by Gasteiger charge is -2.32. The number of piperidine rings is 1. The van der Waals surface area contributed by atoms with Crippen molar-refractivity contribution in [3.63, 3.8) is 0 Å². The molecule has 1 aliphatic rings. The highest BCUT2D eigenvalue weighted by molar-refractivity contribution is 6.31. The smallest absolute Gasteiger partial charge is 0.274 e. The van der Waals surface area contributed by atoms with Gasteiger partial charge in [-0.2, -0.15) is 0 Å². The first-order valence-electron chi connectivity index (χ1n) is 9.87. The zero-order valence-corrected chi connectivity index (χ0v) is 17.9. The molecule has 8 heteroatoms. The van der Waals surface area contributed by atoms with Gasteiger partial charge in [-0.05, 0) is 30.5 Å². The van der Waals surface area contributed by atoms with Crippen molar-refractivity contribution in [1.29, 1.82) is 0 Å². The number of imidazole rings is 1. The second-order valence-corrected chi connectivity index (χ2v) is 8.04. The highest BCUT2D eigenvalue weighted by atomic mass is 35.5. The lowest BCUT2D eigenvalue weighted by atomic mass is 10.1. The van der Waals surface area contributed by atoms with E-state index in [-0.39, 0.29) is 24.0 Å². The monoisotopic (exact) mass is 443 g/mol. The second-order valence-electron chi connectivity index (χ2n) is 7.63. The van der Waals surface area contributed by atoms with E-state index >= 15 is 0 Å². The summed E-state index contributed by atoms with van der Waals surface area (Å²) in [5.41, 5.74) is 9.10. The van der Waals surface area contributed by atoms with E-state index in [9.17, 15) is 4.79 Å². The van der Waals surface area contributed by atoms with Crippen LogP contribution in [0.2, 0.25) is 5.02 Å². The van der Waals surface area contributed by atoms with Gasteiger partial charge in [-0.25, -0.2) is 4.98 Å². The van der Waals surface area contributed by atoms with E-state index in [2.05, 4.69) is 9.88 Å². The Morgan fingerprint density at radius 1 is 1.17 bits per heavy atom. The van der Waals surface area contributed by atoms with E-state index in [1.165, 1.54) is 0 Å². The number of nitrogens with zero attached hydrogens (tertiary/aromatic N) is 3. The molecule has 0 aliphatic carbocycles. The molecule has 0 radical (unpaired) electrons. The number of aromatic nitrogens is 3. The van der Waals surface area contributed by atoms with Gasteiger partial charge < -0.3 is 20.2 Å². The average Bonchev–Trinajstić information content (AvgIpc) is 3.10. The third-order valence-electron chi connectivity index (χ3n) is 5.62. The van der Waals surface area contributed by atoms with Crippen LogP contribution >= 0.6 is 24.0 Å². The lowest BCUT2D eigenvalue weighted by molar-refractivity contribution is 0.495. The Bertz CT molecular complexity index is 1270. The molecule has 1 fully saturated rings. The molecule has 30 heavy (non-hydrogen) atoms. The maximum Gasteiger partial charge on any atom is 0.274 e. The minimum atomic E-state index is -0.147. The van der Waals surface area contributed by atoms with Gasteiger partial charge in [0.1, 0.15) is 11.0 Å². The van der Waals surface area contributed by atoms with Crippen LogP contribution < -0.4 is 16.2 Å². The molecule has 4 aromatic rings. The third kappa shape index (κ3) is 3.55. The van der Waals surface area contributed by atoms with Gasteiger partial charge in [0.2, 0.25) is 5.95 Å². The number of benzene rings is 2. The number of nitrogens with one attached hydrogen (secondary N) is 1.